The van der Waals surface area contributed by atoms with E-state index in [1.165, 1.54) is 64.2 Å². The van der Waals surface area contributed by atoms with Crippen molar-refractivity contribution in [1.29, 1.82) is 0 Å². The summed E-state index contributed by atoms with van der Waals surface area (Å²) in [5.41, 5.74) is 5.48. The van der Waals surface area contributed by atoms with E-state index in [2.05, 4.69) is 67.5 Å². The maximum absolute atomic E-state index is 2.68. The van der Waals surface area contributed by atoms with Crippen LogP contribution in [0.25, 0.3) is 0 Å². The average Bonchev–Trinajstić information content (AvgIpc) is 2.61. The Labute approximate surface area is 188 Å². The second-order valence-electron chi connectivity index (χ2n) is 13.9. The van der Waals surface area contributed by atoms with Crippen LogP contribution >= 0.6 is 0 Å². The largest absolute Gasteiger partial charge is 0.0850 e. The van der Waals surface area contributed by atoms with Gasteiger partial charge in [-0.05, 0) is 111 Å². The third-order valence-electron chi connectivity index (χ3n) is 11.3. The van der Waals surface area contributed by atoms with E-state index in [1.54, 1.807) is 11.1 Å². The molecule has 0 unspecified atom stereocenters. The van der Waals surface area contributed by atoms with Crippen LogP contribution < -0.4 is 0 Å². The van der Waals surface area contributed by atoms with Crippen molar-refractivity contribution in [2.75, 3.05) is 0 Å². The quantitative estimate of drug-likeness (QED) is 0.406. The van der Waals surface area contributed by atoms with E-state index in [4.69, 9.17) is 0 Å². The van der Waals surface area contributed by atoms with Gasteiger partial charge in [-0.3, -0.25) is 0 Å². The zero-order valence-electron chi connectivity index (χ0n) is 21.5. The topological polar surface area (TPSA) is 0 Å². The summed E-state index contributed by atoms with van der Waals surface area (Å²) < 4.78 is 0. The van der Waals surface area contributed by atoms with Crippen molar-refractivity contribution in [2.45, 2.75) is 120 Å². The van der Waals surface area contributed by atoms with E-state index in [9.17, 15) is 0 Å². The van der Waals surface area contributed by atoms with Crippen LogP contribution in [-0.2, 0) is 0 Å². The van der Waals surface area contributed by atoms with E-state index in [-0.39, 0.29) is 0 Å². The van der Waals surface area contributed by atoms with Gasteiger partial charge in [0.2, 0.25) is 0 Å². The lowest BCUT2D eigenvalue weighted by Crippen LogP contribution is -2.50. The molecule has 0 heterocycles. The van der Waals surface area contributed by atoms with Crippen LogP contribution in [-0.4, -0.2) is 0 Å². The number of hydrogen-bond donors (Lipinski definition) is 0. The zero-order chi connectivity index (χ0) is 21.9. The molecule has 170 valence electrons. The maximum Gasteiger partial charge on any atom is -0.0149 e. The smallest absolute Gasteiger partial charge is 0.0149 e. The molecule has 0 spiro atoms. The van der Waals surface area contributed by atoms with Crippen LogP contribution in [0.3, 0.4) is 0 Å². The SMILES string of the molecule is CC1=CC[C@H]2C(C)(C)CCC[C@]2(C)[C@H]1CC[C@H]1C(C)=CC[C@H]2C(C)(C)CCC[C@]12C. The Hall–Kier alpha value is -0.520. The molecule has 0 aromatic rings. The second kappa shape index (κ2) is 7.52. The van der Waals surface area contributed by atoms with Crippen molar-refractivity contribution in [3.05, 3.63) is 23.3 Å². The van der Waals surface area contributed by atoms with Gasteiger partial charge in [-0.15, -0.1) is 0 Å². The van der Waals surface area contributed by atoms with E-state index in [0.717, 1.165) is 23.7 Å². The van der Waals surface area contributed by atoms with Gasteiger partial charge in [0.1, 0.15) is 0 Å². The summed E-state index contributed by atoms with van der Waals surface area (Å²) in [6.45, 7) is 20.5. The highest BCUT2D eigenvalue weighted by Gasteiger charge is 2.54. The highest BCUT2D eigenvalue weighted by atomic mass is 14.6. The summed E-state index contributed by atoms with van der Waals surface area (Å²) in [5.74, 6) is 3.33. The molecule has 2 fully saturated rings. The fourth-order valence-electron chi connectivity index (χ4n) is 9.72. The first kappa shape index (κ1) is 22.7. The Bertz CT molecular complexity index is 656. The Morgan fingerprint density at radius 3 is 1.37 bits per heavy atom. The molecule has 6 atom stereocenters. The van der Waals surface area contributed by atoms with Crippen molar-refractivity contribution < 1.29 is 0 Å². The van der Waals surface area contributed by atoms with Crippen LogP contribution in [0, 0.1) is 45.3 Å². The van der Waals surface area contributed by atoms with Gasteiger partial charge >= 0.3 is 0 Å². The Kier molecular flexibility index (Phi) is 5.68. The molecule has 4 aliphatic carbocycles. The summed E-state index contributed by atoms with van der Waals surface area (Å²) >= 11 is 0. The molecular formula is C30H50. The van der Waals surface area contributed by atoms with Crippen LogP contribution in [0.4, 0.5) is 0 Å². The molecule has 0 radical (unpaired) electrons. The number of allylic oxidation sites excluding steroid dienone is 4. The van der Waals surface area contributed by atoms with Gasteiger partial charge in [0.15, 0.2) is 0 Å². The van der Waals surface area contributed by atoms with E-state index >= 15 is 0 Å². The monoisotopic (exact) mass is 410 g/mol. The maximum atomic E-state index is 2.68. The number of fused-ring (bicyclic) bond motifs is 2. The molecule has 0 aromatic carbocycles. The first-order valence-electron chi connectivity index (χ1n) is 13.3. The third-order valence-corrected chi connectivity index (χ3v) is 11.3. The lowest BCUT2D eigenvalue weighted by atomic mass is 9.46. The van der Waals surface area contributed by atoms with Crippen molar-refractivity contribution in [1.82, 2.24) is 0 Å². The molecule has 0 aromatic heterocycles. The third kappa shape index (κ3) is 3.47. The van der Waals surface area contributed by atoms with Crippen LogP contribution in [0.15, 0.2) is 23.3 Å². The molecule has 4 rings (SSSR count). The predicted octanol–water partition coefficient (Wildman–Crippen LogP) is 9.36. The lowest BCUT2D eigenvalue weighted by Gasteiger charge is -2.59. The Morgan fingerprint density at radius 2 is 1.00 bits per heavy atom. The summed E-state index contributed by atoms with van der Waals surface area (Å²) in [6, 6.07) is 0. The summed E-state index contributed by atoms with van der Waals surface area (Å²) in [7, 11) is 0. The van der Waals surface area contributed by atoms with Gasteiger partial charge in [-0.25, -0.2) is 0 Å². The first-order chi connectivity index (χ1) is 13.9. The Morgan fingerprint density at radius 1 is 0.633 bits per heavy atom. The molecule has 0 N–H and O–H groups in total. The van der Waals surface area contributed by atoms with E-state index in [0.29, 0.717) is 21.7 Å². The lowest BCUT2D eigenvalue weighted by molar-refractivity contribution is -0.0554. The second-order valence-corrected chi connectivity index (χ2v) is 13.9. The minimum Gasteiger partial charge on any atom is -0.0850 e. The highest BCUT2D eigenvalue weighted by molar-refractivity contribution is 5.21. The minimum absolute atomic E-state index is 0.508. The van der Waals surface area contributed by atoms with Crippen LogP contribution in [0.5, 0.6) is 0 Å². The molecular weight excluding hydrogens is 360 g/mol. The van der Waals surface area contributed by atoms with Gasteiger partial charge < -0.3 is 0 Å². The van der Waals surface area contributed by atoms with Crippen LogP contribution in [0.2, 0.25) is 0 Å². The van der Waals surface area contributed by atoms with Gasteiger partial charge in [-0.1, -0.05) is 77.7 Å². The molecule has 4 aliphatic rings. The average molecular weight is 411 g/mol. The summed E-state index contributed by atoms with van der Waals surface area (Å²) in [5, 5.41) is 0. The molecule has 0 amide bonds. The summed E-state index contributed by atoms with van der Waals surface area (Å²) in [4.78, 5) is 0. The molecule has 2 saturated carbocycles. The van der Waals surface area contributed by atoms with Gasteiger partial charge in [0, 0.05) is 0 Å². The van der Waals surface area contributed by atoms with Gasteiger partial charge in [0.05, 0.1) is 0 Å². The highest BCUT2D eigenvalue weighted by Crippen LogP contribution is 2.63. The van der Waals surface area contributed by atoms with Crippen molar-refractivity contribution >= 4 is 0 Å². The van der Waals surface area contributed by atoms with E-state index in [1.807, 2.05) is 0 Å². The van der Waals surface area contributed by atoms with Crippen molar-refractivity contribution in [3.63, 3.8) is 0 Å². The molecule has 0 nitrogen and oxygen atoms in total. The van der Waals surface area contributed by atoms with E-state index < -0.39 is 0 Å². The first-order valence-corrected chi connectivity index (χ1v) is 13.3. The van der Waals surface area contributed by atoms with Gasteiger partial charge in [0.25, 0.3) is 0 Å². The molecule has 0 bridgehead atoms. The fourth-order valence-corrected chi connectivity index (χ4v) is 9.72. The summed E-state index contributed by atoms with van der Waals surface area (Å²) in [6.07, 6.45) is 19.3. The molecule has 0 saturated heterocycles. The zero-order valence-corrected chi connectivity index (χ0v) is 21.5. The fraction of sp³-hybridized carbons (Fsp3) is 0.867. The molecule has 0 aliphatic heterocycles. The number of hydrogen-bond acceptors (Lipinski definition) is 0. The van der Waals surface area contributed by atoms with Crippen molar-refractivity contribution in [3.8, 4) is 0 Å². The minimum atomic E-state index is 0.508. The van der Waals surface area contributed by atoms with Crippen LogP contribution in [0.1, 0.15) is 120 Å². The standard InChI is InChI=1S/C30H50/c1-21-11-15-25-27(3,4)17-9-19-29(25,7)23(21)13-14-24-22(2)12-16-26-28(5,6)18-10-20-30(24,26)8/h11-12,23-26H,9-10,13-20H2,1-8H3/t23-,24-,25-,26-,29+,30+/m0/s1. The predicted molar refractivity (Wildman–Crippen MR) is 131 cm³/mol. The Balaban J connectivity index is 1.58. The van der Waals surface area contributed by atoms with Gasteiger partial charge in [-0.2, -0.15) is 0 Å². The molecule has 30 heavy (non-hydrogen) atoms. The normalized spacial score (nSPS) is 45.1. The molecule has 0 heteroatoms. The number of rotatable bonds is 3. The van der Waals surface area contributed by atoms with Crippen molar-refractivity contribution in [2.24, 2.45) is 45.3 Å².